The number of nitrogens with zero attached hydrogens (tertiary/aromatic N) is 4. The molecule has 122 valence electrons. The molecule has 3 rings (SSSR count). The first kappa shape index (κ1) is 15.7. The number of ether oxygens (including phenoxy) is 1. The van der Waals surface area contributed by atoms with Gasteiger partial charge >= 0.3 is 0 Å². The maximum atomic E-state index is 13.1. The van der Waals surface area contributed by atoms with Gasteiger partial charge in [0.05, 0.1) is 18.3 Å². The molecule has 1 amide bonds. The number of pyridine rings is 1. The maximum Gasteiger partial charge on any atom is 0.276 e. The van der Waals surface area contributed by atoms with Gasteiger partial charge in [-0.05, 0) is 37.5 Å². The summed E-state index contributed by atoms with van der Waals surface area (Å²) in [6, 6.07) is 5.57. The lowest BCUT2D eigenvalue weighted by Crippen LogP contribution is -2.38. The van der Waals surface area contributed by atoms with Crippen molar-refractivity contribution in [2.45, 2.75) is 32.3 Å². The lowest BCUT2D eigenvalue weighted by atomic mass is 10.2. The second kappa shape index (κ2) is 6.91. The number of rotatable bonds is 5. The number of anilines is 1. The van der Waals surface area contributed by atoms with Crippen molar-refractivity contribution in [1.29, 1.82) is 0 Å². The Labute approximate surface area is 136 Å². The van der Waals surface area contributed by atoms with E-state index >= 15 is 0 Å². The van der Waals surface area contributed by atoms with E-state index in [0.29, 0.717) is 12.2 Å². The fourth-order valence-electron chi connectivity index (χ4n) is 2.86. The van der Waals surface area contributed by atoms with Crippen LogP contribution < -0.4 is 4.90 Å². The standard InChI is InChI=1S/C17H22N4O2/c1-3-13-11-16(20(2)19-13)17(22)21(12-15-5-4-10-23-15)14-6-8-18-9-7-14/h6-9,11,15H,3-5,10,12H2,1-2H3. The normalized spacial score (nSPS) is 17.4. The molecule has 6 heteroatoms. The molecule has 0 aromatic carbocycles. The van der Waals surface area contributed by atoms with Crippen LogP contribution in [0, 0.1) is 0 Å². The Morgan fingerprint density at radius 2 is 2.22 bits per heavy atom. The van der Waals surface area contributed by atoms with Crippen LogP contribution in [0.25, 0.3) is 0 Å². The minimum Gasteiger partial charge on any atom is -0.376 e. The van der Waals surface area contributed by atoms with Gasteiger partial charge in [0.1, 0.15) is 5.69 Å². The molecule has 23 heavy (non-hydrogen) atoms. The van der Waals surface area contributed by atoms with Crippen molar-refractivity contribution in [2.75, 3.05) is 18.1 Å². The average molecular weight is 314 g/mol. The van der Waals surface area contributed by atoms with E-state index in [1.54, 1.807) is 22.0 Å². The van der Waals surface area contributed by atoms with Crippen LogP contribution in [-0.2, 0) is 18.2 Å². The molecule has 1 aliphatic heterocycles. The largest absolute Gasteiger partial charge is 0.376 e. The van der Waals surface area contributed by atoms with Gasteiger partial charge in [0.25, 0.3) is 5.91 Å². The molecule has 1 atom stereocenters. The highest BCUT2D eigenvalue weighted by Gasteiger charge is 2.26. The van der Waals surface area contributed by atoms with Crippen LogP contribution in [0.2, 0.25) is 0 Å². The summed E-state index contributed by atoms with van der Waals surface area (Å²) in [6.45, 7) is 3.35. The molecule has 1 saturated heterocycles. The molecule has 1 fully saturated rings. The van der Waals surface area contributed by atoms with Crippen molar-refractivity contribution in [3.8, 4) is 0 Å². The van der Waals surface area contributed by atoms with Crippen molar-refractivity contribution < 1.29 is 9.53 Å². The molecular weight excluding hydrogens is 292 g/mol. The van der Waals surface area contributed by atoms with Crippen LogP contribution in [0.1, 0.15) is 35.9 Å². The van der Waals surface area contributed by atoms with E-state index in [-0.39, 0.29) is 12.0 Å². The fraction of sp³-hybridized carbons (Fsp3) is 0.471. The topological polar surface area (TPSA) is 60.3 Å². The molecule has 3 heterocycles. The molecule has 0 N–H and O–H groups in total. The summed E-state index contributed by atoms with van der Waals surface area (Å²) in [5.74, 6) is -0.0543. The highest BCUT2D eigenvalue weighted by atomic mass is 16.5. The number of carbonyl (C=O) groups is 1. The Hall–Kier alpha value is -2.21. The van der Waals surface area contributed by atoms with Gasteiger partial charge in [-0.15, -0.1) is 0 Å². The van der Waals surface area contributed by atoms with E-state index in [4.69, 9.17) is 4.74 Å². The molecule has 0 saturated carbocycles. The number of hydrogen-bond donors (Lipinski definition) is 0. The van der Waals surface area contributed by atoms with Gasteiger partial charge in [0, 0.05) is 31.7 Å². The predicted molar refractivity (Wildman–Crippen MR) is 87.5 cm³/mol. The minimum absolute atomic E-state index is 0.0543. The first-order chi connectivity index (χ1) is 11.2. The van der Waals surface area contributed by atoms with E-state index in [0.717, 1.165) is 37.3 Å². The molecule has 2 aromatic rings. The third kappa shape index (κ3) is 3.42. The molecule has 0 spiro atoms. The van der Waals surface area contributed by atoms with Gasteiger partial charge in [0.2, 0.25) is 0 Å². The zero-order chi connectivity index (χ0) is 16.2. The lowest BCUT2D eigenvalue weighted by Gasteiger charge is -2.25. The molecule has 1 unspecified atom stereocenters. The minimum atomic E-state index is -0.0543. The molecule has 0 bridgehead atoms. The Morgan fingerprint density at radius 1 is 1.43 bits per heavy atom. The summed E-state index contributed by atoms with van der Waals surface area (Å²) in [5, 5.41) is 4.38. The Morgan fingerprint density at radius 3 is 2.83 bits per heavy atom. The van der Waals surface area contributed by atoms with Crippen molar-refractivity contribution in [2.24, 2.45) is 7.05 Å². The molecule has 1 aliphatic rings. The zero-order valence-corrected chi connectivity index (χ0v) is 13.6. The van der Waals surface area contributed by atoms with E-state index < -0.39 is 0 Å². The number of aryl methyl sites for hydroxylation is 2. The summed E-state index contributed by atoms with van der Waals surface area (Å²) in [5.41, 5.74) is 2.35. The Bertz CT molecular complexity index is 662. The van der Waals surface area contributed by atoms with Crippen molar-refractivity contribution in [3.63, 3.8) is 0 Å². The van der Waals surface area contributed by atoms with Crippen molar-refractivity contribution in [1.82, 2.24) is 14.8 Å². The summed E-state index contributed by atoms with van der Waals surface area (Å²) in [4.78, 5) is 18.9. The first-order valence-electron chi connectivity index (χ1n) is 8.05. The maximum absolute atomic E-state index is 13.1. The first-order valence-corrected chi connectivity index (χ1v) is 8.05. The van der Waals surface area contributed by atoms with Crippen molar-refractivity contribution in [3.05, 3.63) is 42.0 Å². The van der Waals surface area contributed by atoms with Gasteiger partial charge in [-0.2, -0.15) is 5.10 Å². The second-order valence-electron chi connectivity index (χ2n) is 5.75. The van der Waals surface area contributed by atoms with Gasteiger partial charge in [-0.1, -0.05) is 6.92 Å². The summed E-state index contributed by atoms with van der Waals surface area (Å²) >= 11 is 0. The van der Waals surface area contributed by atoms with Crippen molar-refractivity contribution >= 4 is 11.6 Å². The van der Waals surface area contributed by atoms with Gasteiger partial charge < -0.3 is 9.64 Å². The van der Waals surface area contributed by atoms with E-state index in [1.165, 1.54) is 0 Å². The number of hydrogen-bond acceptors (Lipinski definition) is 4. The summed E-state index contributed by atoms with van der Waals surface area (Å²) < 4.78 is 7.37. The average Bonchev–Trinajstić information content (AvgIpc) is 3.22. The summed E-state index contributed by atoms with van der Waals surface area (Å²) in [7, 11) is 1.81. The van der Waals surface area contributed by atoms with Gasteiger partial charge in [-0.25, -0.2) is 0 Å². The van der Waals surface area contributed by atoms with E-state index in [9.17, 15) is 4.79 Å². The van der Waals surface area contributed by atoms with Crippen LogP contribution >= 0.6 is 0 Å². The quantitative estimate of drug-likeness (QED) is 0.849. The SMILES string of the molecule is CCc1cc(C(=O)N(CC2CCCO2)c2ccncc2)n(C)n1. The third-order valence-electron chi connectivity index (χ3n) is 4.14. The molecule has 2 aromatic heterocycles. The van der Waals surface area contributed by atoms with Crippen LogP contribution in [0.5, 0.6) is 0 Å². The van der Waals surface area contributed by atoms with Crippen LogP contribution in [-0.4, -0.2) is 39.9 Å². The highest BCUT2D eigenvalue weighted by molar-refractivity contribution is 6.05. The molecule has 0 aliphatic carbocycles. The second-order valence-corrected chi connectivity index (χ2v) is 5.75. The fourth-order valence-corrected chi connectivity index (χ4v) is 2.86. The third-order valence-corrected chi connectivity index (χ3v) is 4.14. The Kier molecular flexibility index (Phi) is 4.71. The van der Waals surface area contributed by atoms with Crippen LogP contribution in [0.15, 0.2) is 30.6 Å². The number of amides is 1. The number of carbonyl (C=O) groups excluding carboxylic acids is 1. The molecule has 0 radical (unpaired) electrons. The van der Waals surface area contributed by atoms with E-state index in [2.05, 4.69) is 10.1 Å². The predicted octanol–water partition coefficient (Wildman–Crippen LogP) is 2.20. The highest BCUT2D eigenvalue weighted by Crippen LogP contribution is 2.21. The smallest absolute Gasteiger partial charge is 0.276 e. The van der Waals surface area contributed by atoms with Gasteiger partial charge in [0.15, 0.2) is 0 Å². The molecule has 6 nitrogen and oxygen atoms in total. The lowest BCUT2D eigenvalue weighted by molar-refractivity contribution is 0.0909. The van der Waals surface area contributed by atoms with Crippen LogP contribution in [0.4, 0.5) is 5.69 Å². The zero-order valence-electron chi connectivity index (χ0n) is 13.6. The number of aromatic nitrogens is 3. The van der Waals surface area contributed by atoms with Gasteiger partial charge in [-0.3, -0.25) is 14.5 Å². The van der Waals surface area contributed by atoms with Crippen LogP contribution in [0.3, 0.4) is 0 Å². The molecular formula is C17H22N4O2. The summed E-state index contributed by atoms with van der Waals surface area (Å²) in [6.07, 6.45) is 6.33. The monoisotopic (exact) mass is 314 g/mol. The van der Waals surface area contributed by atoms with E-state index in [1.807, 2.05) is 32.2 Å². The Balaban J connectivity index is 1.90.